The second kappa shape index (κ2) is 51.3. The number of hydrogen-bond donors (Lipinski definition) is 0. The molecule has 0 rings (SSSR count). The summed E-state index contributed by atoms with van der Waals surface area (Å²) in [4.78, 5) is 38.0. The zero-order valence-electron chi connectivity index (χ0n) is 41.4. The molecule has 0 aromatic carbocycles. The van der Waals surface area contributed by atoms with Crippen molar-refractivity contribution in [1.82, 2.24) is 0 Å². The van der Waals surface area contributed by atoms with Crippen molar-refractivity contribution in [1.29, 1.82) is 0 Å². The van der Waals surface area contributed by atoms with Crippen molar-refractivity contribution < 1.29 is 28.6 Å². The van der Waals surface area contributed by atoms with Crippen LogP contribution in [-0.4, -0.2) is 37.2 Å². The lowest BCUT2D eigenvalue weighted by Gasteiger charge is -2.18. The fourth-order valence-corrected chi connectivity index (χ4v) is 7.76. The highest BCUT2D eigenvalue weighted by atomic mass is 16.6. The van der Waals surface area contributed by atoms with Crippen LogP contribution < -0.4 is 0 Å². The molecule has 0 N–H and O–H groups in total. The average molecular weight is 871 g/mol. The molecule has 0 aliphatic rings. The van der Waals surface area contributed by atoms with E-state index in [1.54, 1.807) is 0 Å². The summed E-state index contributed by atoms with van der Waals surface area (Å²) in [6, 6.07) is 0. The second-order valence-electron chi connectivity index (χ2n) is 18.1. The highest BCUT2D eigenvalue weighted by Gasteiger charge is 2.19. The molecule has 0 fully saturated rings. The Hall–Kier alpha value is -2.37. The molecule has 0 heterocycles. The van der Waals surface area contributed by atoms with Crippen molar-refractivity contribution in [3.8, 4) is 0 Å². The van der Waals surface area contributed by atoms with Gasteiger partial charge in [-0.2, -0.15) is 0 Å². The second-order valence-corrected chi connectivity index (χ2v) is 18.1. The van der Waals surface area contributed by atoms with E-state index in [-0.39, 0.29) is 31.1 Å². The first kappa shape index (κ1) is 59.6. The summed E-state index contributed by atoms with van der Waals surface area (Å²) in [7, 11) is 0. The number of hydrogen-bond acceptors (Lipinski definition) is 6. The van der Waals surface area contributed by atoms with Crippen LogP contribution in [0.5, 0.6) is 0 Å². The normalized spacial score (nSPS) is 12.2. The molecule has 62 heavy (non-hydrogen) atoms. The van der Waals surface area contributed by atoms with Gasteiger partial charge in [0.25, 0.3) is 0 Å². The summed E-state index contributed by atoms with van der Waals surface area (Å²) in [6.07, 6.45) is 59.8. The van der Waals surface area contributed by atoms with Crippen LogP contribution in [0.3, 0.4) is 0 Å². The Bertz CT molecular complexity index is 1050. The Balaban J connectivity index is 4.36. The van der Waals surface area contributed by atoms with Crippen LogP contribution in [0.25, 0.3) is 0 Å². The van der Waals surface area contributed by atoms with Crippen LogP contribution >= 0.6 is 0 Å². The van der Waals surface area contributed by atoms with Crippen LogP contribution in [0.15, 0.2) is 36.5 Å². The van der Waals surface area contributed by atoms with Crippen LogP contribution in [-0.2, 0) is 28.6 Å². The minimum atomic E-state index is -0.777. The van der Waals surface area contributed by atoms with Gasteiger partial charge in [-0.3, -0.25) is 14.4 Å². The quantitative estimate of drug-likeness (QED) is 0.0262. The predicted octanol–water partition coefficient (Wildman–Crippen LogP) is 17.7. The van der Waals surface area contributed by atoms with Gasteiger partial charge in [0.1, 0.15) is 13.2 Å². The highest BCUT2D eigenvalue weighted by Crippen LogP contribution is 2.15. The van der Waals surface area contributed by atoms with Gasteiger partial charge in [-0.25, -0.2) is 0 Å². The van der Waals surface area contributed by atoms with Crippen LogP contribution in [0, 0.1) is 0 Å². The van der Waals surface area contributed by atoms with Gasteiger partial charge >= 0.3 is 17.9 Å². The molecule has 0 spiro atoms. The Morgan fingerprint density at radius 2 is 0.581 bits per heavy atom. The van der Waals surface area contributed by atoms with E-state index in [0.29, 0.717) is 19.3 Å². The van der Waals surface area contributed by atoms with Gasteiger partial charge < -0.3 is 14.2 Å². The van der Waals surface area contributed by atoms with Crippen molar-refractivity contribution in [2.24, 2.45) is 0 Å². The number of allylic oxidation sites excluding steroid dienone is 6. The first-order valence-corrected chi connectivity index (χ1v) is 27.0. The molecule has 0 saturated carbocycles. The van der Waals surface area contributed by atoms with Crippen molar-refractivity contribution in [2.75, 3.05) is 13.2 Å². The number of rotatable bonds is 49. The van der Waals surface area contributed by atoms with E-state index in [0.717, 1.165) is 83.5 Å². The van der Waals surface area contributed by atoms with E-state index >= 15 is 0 Å². The molecule has 0 saturated heterocycles. The third-order valence-corrected chi connectivity index (χ3v) is 11.9. The molecule has 0 aliphatic heterocycles. The number of ether oxygens (including phenoxy) is 3. The van der Waals surface area contributed by atoms with Crippen LogP contribution in [0.1, 0.15) is 284 Å². The number of carbonyl (C=O) groups is 3. The minimum absolute atomic E-state index is 0.0763. The standard InChI is InChI=1S/C56H102O6/c1-4-7-10-13-16-19-22-24-26-28-30-31-34-37-40-43-46-49-55(58)61-52-53(51-60-54(57)48-45-42-39-36-33-21-18-15-12-9-6-3)62-56(59)50-47-44-41-38-35-32-29-27-25-23-20-17-14-11-8-5-2/h20,23-24,26-27,29,53H,4-19,21-22,25,28,30-52H2,1-3H3/b23-20-,26-24-,29-27-. The fourth-order valence-electron chi connectivity index (χ4n) is 7.76. The molecule has 1 unspecified atom stereocenters. The molecule has 0 aromatic heterocycles. The monoisotopic (exact) mass is 871 g/mol. The summed E-state index contributed by atoms with van der Waals surface area (Å²) in [6.45, 7) is 6.62. The summed E-state index contributed by atoms with van der Waals surface area (Å²) in [5.74, 6) is -0.884. The first-order valence-electron chi connectivity index (χ1n) is 27.0. The van der Waals surface area contributed by atoms with Crippen molar-refractivity contribution in [3.63, 3.8) is 0 Å². The van der Waals surface area contributed by atoms with Gasteiger partial charge in [0.2, 0.25) is 0 Å². The van der Waals surface area contributed by atoms with Crippen molar-refractivity contribution in [3.05, 3.63) is 36.5 Å². The molecule has 0 amide bonds. The molecule has 0 radical (unpaired) electrons. The number of esters is 3. The molecular weight excluding hydrogens is 769 g/mol. The largest absolute Gasteiger partial charge is 0.462 e. The molecule has 6 nitrogen and oxygen atoms in total. The Kier molecular flexibility index (Phi) is 49.3. The SMILES string of the molecule is CCCCCC/C=C\C/C=C\CCCCCCCC(=O)OC(COC(=O)CCCCCCCCC/C=C\CCCCCCCC)COC(=O)CCCCCCCCCCCCC. The maximum Gasteiger partial charge on any atom is 0.306 e. The molecular formula is C56H102O6. The van der Waals surface area contributed by atoms with E-state index in [1.165, 1.54) is 161 Å². The Labute approximate surface area is 385 Å². The predicted molar refractivity (Wildman–Crippen MR) is 266 cm³/mol. The molecule has 362 valence electrons. The van der Waals surface area contributed by atoms with Gasteiger partial charge in [-0.05, 0) is 77.0 Å². The van der Waals surface area contributed by atoms with Gasteiger partial charge in [0.15, 0.2) is 6.10 Å². The molecule has 6 heteroatoms. The summed E-state index contributed by atoms with van der Waals surface area (Å²) in [5, 5.41) is 0. The van der Waals surface area contributed by atoms with Crippen molar-refractivity contribution >= 4 is 17.9 Å². The third-order valence-electron chi connectivity index (χ3n) is 11.9. The highest BCUT2D eigenvalue weighted by molar-refractivity contribution is 5.71. The lowest BCUT2D eigenvalue weighted by molar-refractivity contribution is -0.167. The minimum Gasteiger partial charge on any atom is -0.462 e. The van der Waals surface area contributed by atoms with Crippen LogP contribution in [0.2, 0.25) is 0 Å². The molecule has 0 aliphatic carbocycles. The summed E-state index contributed by atoms with van der Waals surface area (Å²) in [5.41, 5.74) is 0. The van der Waals surface area contributed by atoms with E-state index in [9.17, 15) is 14.4 Å². The van der Waals surface area contributed by atoms with E-state index in [1.807, 2.05) is 0 Å². The third kappa shape index (κ3) is 48.7. The number of unbranched alkanes of at least 4 members (excludes halogenated alkanes) is 32. The van der Waals surface area contributed by atoms with E-state index in [2.05, 4.69) is 57.2 Å². The smallest absolute Gasteiger partial charge is 0.306 e. The van der Waals surface area contributed by atoms with Gasteiger partial charge in [0.05, 0.1) is 0 Å². The maximum absolute atomic E-state index is 12.8. The number of carbonyl (C=O) groups excluding carboxylic acids is 3. The summed E-state index contributed by atoms with van der Waals surface area (Å²) >= 11 is 0. The average Bonchev–Trinajstić information content (AvgIpc) is 3.27. The van der Waals surface area contributed by atoms with Crippen LogP contribution in [0.4, 0.5) is 0 Å². The van der Waals surface area contributed by atoms with Gasteiger partial charge in [0, 0.05) is 19.3 Å². The van der Waals surface area contributed by atoms with Gasteiger partial charge in [-0.1, -0.05) is 224 Å². The lowest BCUT2D eigenvalue weighted by Crippen LogP contribution is -2.30. The zero-order chi connectivity index (χ0) is 45.1. The Morgan fingerprint density at radius 3 is 0.919 bits per heavy atom. The van der Waals surface area contributed by atoms with E-state index < -0.39 is 6.10 Å². The van der Waals surface area contributed by atoms with Gasteiger partial charge in [-0.15, -0.1) is 0 Å². The van der Waals surface area contributed by atoms with Crippen molar-refractivity contribution in [2.45, 2.75) is 290 Å². The molecule has 1 atom stereocenters. The molecule has 0 aromatic rings. The van der Waals surface area contributed by atoms with E-state index in [4.69, 9.17) is 14.2 Å². The first-order chi connectivity index (χ1) is 30.5. The summed E-state index contributed by atoms with van der Waals surface area (Å²) < 4.78 is 16.8. The zero-order valence-corrected chi connectivity index (χ0v) is 41.4. The molecule has 0 bridgehead atoms. The lowest BCUT2D eigenvalue weighted by atomic mass is 10.1. The Morgan fingerprint density at radius 1 is 0.323 bits per heavy atom. The topological polar surface area (TPSA) is 78.9 Å². The fraction of sp³-hybridized carbons (Fsp3) is 0.839. The maximum atomic E-state index is 12.8.